The maximum atomic E-state index is 12.6. The molecule has 1 aromatic heterocycles. The molecule has 0 atom stereocenters. The van der Waals surface area contributed by atoms with E-state index in [0.29, 0.717) is 34.1 Å². The summed E-state index contributed by atoms with van der Waals surface area (Å²) in [7, 11) is 0. The zero-order valence-corrected chi connectivity index (χ0v) is 14.6. The molecule has 0 aliphatic carbocycles. The first kappa shape index (κ1) is 17.0. The third kappa shape index (κ3) is 3.79. The summed E-state index contributed by atoms with van der Waals surface area (Å²) < 4.78 is 5.24. The number of hydrogen-bond donors (Lipinski definition) is 1. The molecule has 5 nitrogen and oxygen atoms in total. The zero-order valence-electron chi connectivity index (χ0n) is 13.8. The molecule has 0 saturated carbocycles. The van der Waals surface area contributed by atoms with Crippen molar-refractivity contribution in [1.82, 2.24) is 15.4 Å². The summed E-state index contributed by atoms with van der Waals surface area (Å²) in [5.41, 5.74) is 1.66. The Morgan fingerprint density at radius 2 is 2.04 bits per heavy atom. The highest BCUT2D eigenvalue weighted by Crippen LogP contribution is 2.30. The van der Waals surface area contributed by atoms with Crippen LogP contribution in [-0.2, 0) is 0 Å². The van der Waals surface area contributed by atoms with E-state index in [0.717, 1.165) is 19.6 Å². The molecule has 2 aromatic rings. The first-order valence-corrected chi connectivity index (χ1v) is 8.76. The highest BCUT2D eigenvalue weighted by molar-refractivity contribution is 6.33. The van der Waals surface area contributed by atoms with Crippen LogP contribution in [0, 0.1) is 6.92 Å². The van der Waals surface area contributed by atoms with Crippen LogP contribution in [0.1, 0.15) is 35.4 Å². The molecule has 0 unspecified atom stereocenters. The minimum absolute atomic E-state index is 0.166. The molecular weight excluding hydrogens is 326 g/mol. The molecule has 1 saturated heterocycles. The van der Waals surface area contributed by atoms with Gasteiger partial charge < -0.3 is 14.7 Å². The fraction of sp³-hybridized carbons (Fsp3) is 0.444. The smallest absolute Gasteiger partial charge is 0.257 e. The topological polar surface area (TPSA) is 58.4 Å². The fourth-order valence-corrected chi connectivity index (χ4v) is 3.30. The summed E-state index contributed by atoms with van der Waals surface area (Å²) in [5, 5.41) is 7.56. The maximum absolute atomic E-state index is 12.6. The standard InChI is InChI=1S/C18H22ClN3O2/c1-13-16(17(21-24-13)14-7-3-4-8-15(14)19)18(23)20-9-12-22-10-5-2-6-11-22/h3-4,7-8H,2,5-6,9-12H2,1H3,(H,20,23). The van der Waals surface area contributed by atoms with Crippen LogP contribution in [0.5, 0.6) is 0 Å². The van der Waals surface area contributed by atoms with Gasteiger partial charge in [0.25, 0.3) is 5.91 Å². The van der Waals surface area contributed by atoms with Gasteiger partial charge in [-0.3, -0.25) is 4.79 Å². The van der Waals surface area contributed by atoms with Crippen LogP contribution in [0.2, 0.25) is 5.02 Å². The minimum atomic E-state index is -0.166. The summed E-state index contributed by atoms with van der Waals surface area (Å²) in [6, 6.07) is 7.32. The van der Waals surface area contributed by atoms with Crippen molar-refractivity contribution in [3.8, 4) is 11.3 Å². The Morgan fingerprint density at radius 1 is 1.29 bits per heavy atom. The molecule has 0 bridgehead atoms. The number of amides is 1. The highest BCUT2D eigenvalue weighted by Gasteiger charge is 2.22. The number of carbonyl (C=O) groups excluding carboxylic acids is 1. The van der Waals surface area contributed by atoms with Crippen molar-refractivity contribution in [2.75, 3.05) is 26.2 Å². The third-order valence-corrected chi connectivity index (χ3v) is 4.71. The Bertz CT molecular complexity index is 708. The van der Waals surface area contributed by atoms with E-state index >= 15 is 0 Å². The number of piperidine rings is 1. The molecule has 0 radical (unpaired) electrons. The molecule has 128 valence electrons. The second kappa shape index (κ2) is 7.81. The molecule has 1 amide bonds. The van der Waals surface area contributed by atoms with Gasteiger partial charge >= 0.3 is 0 Å². The second-order valence-corrected chi connectivity index (χ2v) is 6.51. The quantitative estimate of drug-likeness (QED) is 0.899. The van der Waals surface area contributed by atoms with Gasteiger partial charge in [0.05, 0.1) is 5.02 Å². The van der Waals surface area contributed by atoms with Gasteiger partial charge in [0.1, 0.15) is 17.0 Å². The molecular formula is C18H22ClN3O2. The van der Waals surface area contributed by atoms with Crippen LogP contribution in [-0.4, -0.2) is 42.1 Å². The van der Waals surface area contributed by atoms with E-state index < -0.39 is 0 Å². The predicted octanol–water partition coefficient (Wildman–Crippen LogP) is 3.52. The zero-order chi connectivity index (χ0) is 16.9. The number of halogens is 1. The first-order chi connectivity index (χ1) is 11.7. The van der Waals surface area contributed by atoms with Crippen LogP contribution in [0.4, 0.5) is 0 Å². The van der Waals surface area contributed by atoms with E-state index in [2.05, 4.69) is 15.4 Å². The average molecular weight is 348 g/mol. The van der Waals surface area contributed by atoms with E-state index in [1.165, 1.54) is 19.3 Å². The van der Waals surface area contributed by atoms with E-state index in [4.69, 9.17) is 16.1 Å². The van der Waals surface area contributed by atoms with Gasteiger partial charge in [-0.1, -0.05) is 41.4 Å². The lowest BCUT2D eigenvalue weighted by Gasteiger charge is -2.26. The SMILES string of the molecule is Cc1onc(-c2ccccc2Cl)c1C(=O)NCCN1CCCCC1. The fourth-order valence-electron chi connectivity index (χ4n) is 3.08. The van der Waals surface area contributed by atoms with Crippen molar-refractivity contribution in [2.24, 2.45) is 0 Å². The molecule has 0 spiro atoms. The molecule has 1 N–H and O–H groups in total. The molecule has 6 heteroatoms. The van der Waals surface area contributed by atoms with E-state index in [-0.39, 0.29) is 5.91 Å². The third-order valence-electron chi connectivity index (χ3n) is 4.38. The summed E-state index contributed by atoms with van der Waals surface area (Å²) in [6.45, 7) is 5.47. The van der Waals surface area contributed by atoms with Gasteiger partial charge in [0, 0.05) is 18.7 Å². The Labute approximate surface area is 147 Å². The van der Waals surface area contributed by atoms with Crippen molar-refractivity contribution in [2.45, 2.75) is 26.2 Å². The van der Waals surface area contributed by atoms with Crippen LogP contribution < -0.4 is 5.32 Å². The summed E-state index contributed by atoms with van der Waals surface area (Å²) in [5.74, 6) is 0.334. The number of hydrogen-bond acceptors (Lipinski definition) is 4. The molecule has 24 heavy (non-hydrogen) atoms. The Balaban J connectivity index is 1.69. The number of carbonyl (C=O) groups is 1. The second-order valence-electron chi connectivity index (χ2n) is 6.10. The molecule has 3 rings (SSSR count). The van der Waals surface area contributed by atoms with Gasteiger partial charge in [0.15, 0.2) is 0 Å². The minimum Gasteiger partial charge on any atom is -0.360 e. The number of likely N-dealkylation sites (tertiary alicyclic amines) is 1. The predicted molar refractivity (Wildman–Crippen MR) is 94.3 cm³/mol. The van der Waals surface area contributed by atoms with Gasteiger partial charge in [-0.2, -0.15) is 0 Å². The number of benzene rings is 1. The maximum Gasteiger partial charge on any atom is 0.257 e. The highest BCUT2D eigenvalue weighted by atomic mass is 35.5. The lowest BCUT2D eigenvalue weighted by atomic mass is 10.1. The van der Waals surface area contributed by atoms with Gasteiger partial charge in [-0.05, 0) is 38.9 Å². The number of nitrogens with one attached hydrogen (secondary N) is 1. The van der Waals surface area contributed by atoms with Gasteiger partial charge in [-0.25, -0.2) is 0 Å². The van der Waals surface area contributed by atoms with Crippen molar-refractivity contribution in [1.29, 1.82) is 0 Å². The van der Waals surface area contributed by atoms with Crippen LogP contribution in [0.15, 0.2) is 28.8 Å². The summed E-state index contributed by atoms with van der Waals surface area (Å²) >= 11 is 6.23. The van der Waals surface area contributed by atoms with Crippen molar-refractivity contribution >= 4 is 17.5 Å². The number of aromatic nitrogens is 1. The molecule has 1 aliphatic heterocycles. The summed E-state index contributed by atoms with van der Waals surface area (Å²) in [4.78, 5) is 15.0. The summed E-state index contributed by atoms with van der Waals surface area (Å²) in [6.07, 6.45) is 3.80. The average Bonchev–Trinajstić information content (AvgIpc) is 2.97. The van der Waals surface area contributed by atoms with Crippen molar-refractivity contribution in [3.05, 3.63) is 40.6 Å². The Morgan fingerprint density at radius 3 is 2.79 bits per heavy atom. The number of nitrogens with zero attached hydrogens (tertiary/aromatic N) is 2. The number of rotatable bonds is 5. The lowest BCUT2D eigenvalue weighted by molar-refractivity contribution is 0.0945. The van der Waals surface area contributed by atoms with E-state index in [1.54, 1.807) is 13.0 Å². The first-order valence-electron chi connectivity index (χ1n) is 8.38. The number of aryl methyl sites for hydroxylation is 1. The van der Waals surface area contributed by atoms with Crippen molar-refractivity contribution in [3.63, 3.8) is 0 Å². The molecule has 1 fully saturated rings. The van der Waals surface area contributed by atoms with Crippen LogP contribution in [0.25, 0.3) is 11.3 Å². The van der Waals surface area contributed by atoms with Crippen LogP contribution >= 0.6 is 11.6 Å². The van der Waals surface area contributed by atoms with Gasteiger partial charge in [0.2, 0.25) is 0 Å². The normalized spacial score (nSPS) is 15.4. The van der Waals surface area contributed by atoms with E-state index in [9.17, 15) is 4.79 Å². The lowest BCUT2D eigenvalue weighted by Crippen LogP contribution is -2.37. The monoisotopic (exact) mass is 347 g/mol. The van der Waals surface area contributed by atoms with Gasteiger partial charge in [-0.15, -0.1) is 0 Å². The molecule has 1 aliphatic rings. The molecule has 1 aromatic carbocycles. The Hall–Kier alpha value is -1.85. The molecule has 2 heterocycles. The Kier molecular flexibility index (Phi) is 5.53. The largest absolute Gasteiger partial charge is 0.360 e. The van der Waals surface area contributed by atoms with E-state index in [1.807, 2.05) is 18.2 Å². The van der Waals surface area contributed by atoms with Crippen LogP contribution in [0.3, 0.4) is 0 Å². The van der Waals surface area contributed by atoms with Crippen molar-refractivity contribution < 1.29 is 9.32 Å².